The van der Waals surface area contributed by atoms with Crippen LogP contribution in [-0.2, 0) is 17.7 Å². The molecule has 0 N–H and O–H groups in total. The molecule has 2 aromatic rings. The zero-order valence-corrected chi connectivity index (χ0v) is 13.9. The van der Waals surface area contributed by atoms with E-state index in [0.717, 1.165) is 28.6 Å². The number of ether oxygens (including phenoxy) is 1. The summed E-state index contributed by atoms with van der Waals surface area (Å²) in [6, 6.07) is 8.03. The Morgan fingerprint density at radius 2 is 2.10 bits per heavy atom. The van der Waals surface area contributed by atoms with Crippen LogP contribution >= 0.6 is 15.9 Å². The quantitative estimate of drug-likeness (QED) is 0.743. The number of hydrogen-bond donors (Lipinski definition) is 0. The average molecular weight is 351 g/mol. The number of nitrogens with zero attached hydrogens (tertiary/aromatic N) is 2. The minimum Gasteiger partial charge on any atom is -0.462 e. The third-order valence-electron chi connectivity index (χ3n) is 3.21. The molecule has 0 unspecified atom stereocenters. The number of carbonyl (C=O) groups excluding carboxylic acids is 1. The highest BCUT2D eigenvalue weighted by Crippen LogP contribution is 2.20. The van der Waals surface area contributed by atoms with Crippen LogP contribution in [0.1, 0.15) is 41.9 Å². The highest BCUT2D eigenvalue weighted by molar-refractivity contribution is 9.10. The molecule has 5 heteroatoms. The van der Waals surface area contributed by atoms with Gasteiger partial charge in [-0.3, -0.25) is 4.68 Å². The third kappa shape index (κ3) is 3.73. The lowest BCUT2D eigenvalue weighted by atomic mass is 10.1. The van der Waals surface area contributed by atoms with E-state index < -0.39 is 0 Å². The summed E-state index contributed by atoms with van der Waals surface area (Å²) in [4.78, 5) is 12.0. The predicted molar refractivity (Wildman–Crippen MR) is 85.4 cm³/mol. The van der Waals surface area contributed by atoms with E-state index in [4.69, 9.17) is 4.74 Å². The monoisotopic (exact) mass is 350 g/mol. The Bertz CT molecular complexity index is 622. The Labute approximate surface area is 133 Å². The number of halogens is 1. The van der Waals surface area contributed by atoms with E-state index in [-0.39, 0.29) is 5.97 Å². The van der Waals surface area contributed by atoms with Gasteiger partial charge in [0, 0.05) is 4.47 Å². The summed E-state index contributed by atoms with van der Waals surface area (Å²) in [5, 5.41) is 4.37. The molecule has 0 aliphatic carbocycles. The largest absolute Gasteiger partial charge is 0.462 e. The first-order valence-electron chi connectivity index (χ1n) is 7.12. The lowest BCUT2D eigenvalue weighted by Gasteiger charge is -2.10. The van der Waals surface area contributed by atoms with Crippen molar-refractivity contribution in [1.29, 1.82) is 0 Å². The highest BCUT2D eigenvalue weighted by Gasteiger charge is 2.18. The van der Waals surface area contributed by atoms with Gasteiger partial charge in [-0.2, -0.15) is 5.10 Å². The summed E-state index contributed by atoms with van der Waals surface area (Å²) in [5.74, 6) is -0.292. The summed E-state index contributed by atoms with van der Waals surface area (Å²) in [7, 11) is 0. The number of rotatable bonds is 6. The Morgan fingerprint density at radius 1 is 1.33 bits per heavy atom. The van der Waals surface area contributed by atoms with Crippen molar-refractivity contribution < 1.29 is 9.53 Å². The molecule has 0 aliphatic heterocycles. The van der Waals surface area contributed by atoms with E-state index in [9.17, 15) is 4.79 Å². The number of esters is 1. The first-order valence-corrected chi connectivity index (χ1v) is 7.91. The van der Waals surface area contributed by atoms with Crippen molar-refractivity contribution in [3.63, 3.8) is 0 Å². The Morgan fingerprint density at radius 3 is 2.76 bits per heavy atom. The van der Waals surface area contributed by atoms with E-state index in [2.05, 4.69) is 28.0 Å². The lowest BCUT2D eigenvalue weighted by molar-refractivity contribution is 0.0525. The first kappa shape index (κ1) is 15.8. The molecule has 21 heavy (non-hydrogen) atoms. The Balaban J connectivity index is 2.31. The van der Waals surface area contributed by atoms with Gasteiger partial charge in [-0.05, 0) is 25.0 Å². The molecule has 1 aromatic carbocycles. The lowest BCUT2D eigenvalue weighted by Crippen LogP contribution is -2.11. The fourth-order valence-corrected chi connectivity index (χ4v) is 2.62. The number of hydrogen-bond acceptors (Lipinski definition) is 3. The van der Waals surface area contributed by atoms with Gasteiger partial charge in [0.25, 0.3) is 0 Å². The van der Waals surface area contributed by atoms with Gasteiger partial charge < -0.3 is 4.74 Å². The van der Waals surface area contributed by atoms with Crippen molar-refractivity contribution >= 4 is 21.9 Å². The molecular weight excluding hydrogens is 332 g/mol. The standard InChI is InChI=1S/C16H19BrN2O2/c1-3-7-15-13(16(20)21-4-2)10-18-19(15)11-12-8-5-6-9-14(12)17/h5-6,8-10H,3-4,7,11H2,1-2H3. The van der Waals surface area contributed by atoms with Crippen molar-refractivity contribution in [1.82, 2.24) is 9.78 Å². The molecule has 112 valence electrons. The van der Waals surface area contributed by atoms with Crippen LogP contribution in [0, 0.1) is 0 Å². The van der Waals surface area contributed by atoms with Gasteiger partial charge in [-0.15, -0.1) is 0 Å². The van der Waals surface area contributed by atoms with Gasteiger partial charge in [0.1, 0.15) is 5.56 Å². The molecule has 0 radical (unpaired) electrons. The summed E-state index contributed by atoms with van der Waals surface area (Å²) < 4.78 is 8.03. The fraction of sp³-hybridized carbons (Fsp3) is 0.375. The van der Waals surface area contributed by atoms with Gasteiger partial charge in [0.15, 0.2) is 0 Å². The number of benzene rings is 1. The van der Waals surface area contributed by atoms with Crippen LogP contribution < -0.4 is 0 Å². The summed E-state index contributed by atoms with van der Waals surface area (Å²) in [6.07, 6.45) is 3.37. The second-order valence-electron chi connectivity index (χ2n) is 4.72. The van der Waals surface area contributed by atoms with Crippen LogP contribution in [0.15, 0.2) is 34.9 Å². The van der Waals surface area contributed by atoms with Crippen LogP contribution in [0.25, 0.3) is 0 Å². The molecule has 0 bridgehead atoms. The van der Waals surface area contributed by atoms with Gasteiger partial charge >= 0.3 is 5.97 Å². The van der Waals surface area contributed by atoms with E-state index in [0.29, 0.717) is 18.7 Å². The molecule has 1 heterocycles. The zero-order chi connectivity index (χ0) is 15.2. The highest BCUT2D eigenvalue weighted by atomic mass is 79.9. The third-order valence-corrected chi connectivity index (χ3v) is 3.98. The van der Waals surface area contributed by atoms with Crippen LogP contribution in [0.5, 0.6) is 0 Å². The van der Waals surface area contributed by atoms with Crippen LogP contribution in [0.3, 0.4) is 0 Å². The van der Waals surface area contributed by atoms with Crippen molar-refractivity contribution in [2.24, 2.45) is 0 Å². The SMILES string of the molecule is CCCc1c(C(=O)OCC)cnn1Cc1ccccc1Br. The molecule has 0 atom stereocenters. The van der Waals surface area contributed by atoms with E-state index in [1.807, 2.05) is 35.9 Å². The molecule has 0 spiro atoms. The van der Waals surface area contributed by atoms with E-state index in [1.165, 1.54) is 0 Å². The second kappa shape index (κ2) is 7.41. The fourth-order valence-electron chi connectivity index (χ4n) is 2.21. The molecule has 4 nitrogen and oxygen atoms in total. The maximum absolute atomic E-state index is 12.0. The average Bonchev–Trinajstić information content (AvgIpc) is 2.85. The Kier molecular flexibility index (Phi) is 5.56. The molecule has 0 saturated heterocycles. The maximum atomic E-state index is 12.0. The van der Waals surface area contributed by atoms with Crippen molar-refractivity contribution in [2.45, 2.75) is 33.2 Å². The van der Waals surface area contributed by atoms with Crippen LogP contribution in [0.4, 0.5) is 0 Å². The molecule has 0 fully saturated rings. The summed E-state index contributed by atoms with van der Waals surface area (Å²) >= 11 is 3.55. The van der Waals surface area contributed by atoms with E-state index in [1.54, 1.807) is 6.20 Å². The maximum Gasteiger partial charge on any atom is 0.341 e. The van der Waals surface area contributed by atoms with Crippen LogP contribution in [-0.4, -0.2) is 22.4 Å². The molecular formula is C16H19BrN2O2. The van der Waals surface area contributed by atoms with Crippen molar-refractivity contribution in [3.05, 3.63) is 51.8 Å². The van der Waals surface area contributed by atoms with Gasteiger partial charge in [0.2, 0.25) is 0 Å². The molecule has 0 saturated carbocycles. The normalized spacial score (nSPS) is 10.6. The summed E-state index contributed by atoms with van der Waals surface area (Å²) in [6.45, 7) is 4.91. The van der Waals surface area contributed by atoms with Gasteiger partial charge in [0.05, 0.1) is 25.0 Å². The minimum atomic E-state index is -0.292. The van der Waals surface area contributed by atoms with Crippen molar-refractivity contribution in [2.75, 3.05) is 6.61 Å². The van der Waals surface area contributed by atoms with Gasteiger partial charge in [-0.1, -0.05) is 47.5 Å². The second-order valence-corrected chi connectivity index (χ2v) is 5.58. The predicted octanol–water partition coefficient (Wildman–Crippen LogP) is 3.82. The molecule has 0 amide bonds. The number of aromatic nitrogens is 2. The molecule has 0 aliphatic rings. The minimum absolute atomic E-state index is 0.292. The number of carbonyl (C=O) groups is 1. The van der Waals surface area contributed by atoms with Gasteiger partial charge in [-0.25, -0.2) is 4.79 Å². The molecule has 2 rings (SSSR count). The molecule has 1 aromatic heterocycles. The van der Waals surface area contributed by atoms with Crippen molar-refractivity contribution in [3.8, 4) is 0 Å². The summed E-state index contributed by atoms with van der Waals surface area (Å²) in [5.41, 5.74) is 2.64. The Hall–Kier alpha value is -1.62. The smallest absolute Gasteiger partial charge is 0.341 e. The van der Waals surface area contributed by atoms with E-state index >= 15 is 0 Å². The van der Waals surface area contributed by atoms with Crippen LogP contribution in [0.2, 0.25) is 0 Å². The zero-order valence-electron chi connectivity index (χ0n) is 12.3. The first-order chi connectivity index (χ1) is 10.2. The topological polar surface area (TPSA) is 44.1 Å².